The second-order valence-corrected chi connectivity index (χ2v) is 3.72. The lowest BCUT2D eigenvalue weighted by atomic mass is 10.3. The van der Waals surface area contributed by atoms with Crippen LogP contribution in [0.2, 0.25) is 0 Å². The largest absolute Gasteiger partial charge is 0.375 e. The molecule has 0 bridgehead atoms. The number of halogens is 2. The molecule has 0 saturated carbocycles. The SMILES string of the molecule is Cc1ccc2[nH]c(CCOCC(F)F)nc2n1. The molecule has 0 fully saturated rings. The maximum Gasteiger partial charge on any atom is 0.261 e. The summed E-state index contributed by atoms with van der Waals surface area (Å²) in [5, 5.41) is 0. The van der Waals surface area contributed by atoms with E-state index in [4.69, 9.17) is 4.74 Å². The van der Waals surface area contributed by atoms with Crippen LogP contribution in [-0.4, -0.2) is 34.6 Å². The van der Waals surface area contributed by atoms with Crippen LogP contribution in [0.3, 0.4) is 0 Å². The van der Waals surface area contributed by atoms with Gasteiger partial charge in [-0.2, -0.15) is 0 Å². The van der Waals surface area contributed by atoms with Crippen LogP contribution in [0.4, 0.5) is 8.78 Å². The lowest BCUT2D eigenvalue weighted by Crippen LogP contribution is -2.07. The third kappa shape index (κ3) is 3.20. The van der Waals surface area contributed by atoms with Crippen molar-refractivity contribution in [3.05, 3.63) is 23.7 Å². The number of aromatic amines is 1. The number of hydrogen-bond acceptors (Lipinski definition) is 3. The first kappa shape index (κ1) is 11.9. The average molecular weight is 241 g/mol. The molecule has 4 nitrogen and oxygen atoms in total. The van der Waals surface area contributed by atoms with E-state index >= 15 is 0 Å². The lowest BCUT2D eigenvalue weighted by molar-refractivity contribution is 0.0183. The molecule has 0 unspecified atom stereocenters. The van der Waals surface area contributed by atoms with Gasteiger partial charge in [0.2, 0.25) is 0 Å². The van der Waals surface area contributed by atoms with Crippen LogP contribution < -0.4 is 0 Å². The zero-order chi connectivity index (χ0) is 12.3. The molecule has 2 rings (SSSR count). The molecule has 0 aromatic carbocycles. The molecule has 2 heterocycles. The maximum atomic E-state index is 11.8. The van der Waals surface area contributed by atoms with E-state index < -0.39 is 13.0 Å². The van der Waals surface area contributed by atoms with Gasteiger partial charge in [-0.25, -0.2) is 18.7 Å². The summed E-state index contributed by atoms with van der Waals surface area (Å²) in [5.41, 5.74) is 2.39. The molecule has 1 N–H and O–H groups in total. The Hall–Kier alpha value is -1.56. The van der Waals surface area contributed by atoms with E-state index in [0.717, 1.165) is 11.2 Å². The van der Waals surface area contributed by atoms with Gasteiger partial charge in [-0.1, -0.05) is 0 Å². The number of imidazole rings is 1. The topological polar surface area (TPSA) is 50.8 Å². The molecule has 0 saturated heterocycles. The molecule has 17 heavy (non-hydrogen) atoms. The molecule has 6 heteroatoms. The van der Waals surface area contributed by atoms with Gasteiger partial charge in [0.1, 0.15) is 12.4 Å². The molecule has 0 spiro atoms. The Morgan fingerprint density at radius 2 is 2.18 bits per heavy atom. The highest BCUT2D eigenvalue weighted by Gasteiger charge is 2.05. The van der Waals surface area contributed by atoms with Crippen molar-refractivity contribution in [1.82, 2.24) is 15.0 Å². The quantitative estimate of drug-likeness (QED) is 0.815. The fraction of sp³-hybridized carbons (Fsp3) is 0.455. The van der Waals surface area contributed by atoms with Crippen LogP contribution in [0, 0.1) is 6.92 Å². The van der Waals surface area contributed by atoms with Gasteiger partial charge in [0.05, 0.1) is 12.1 Å². The number of nitrogens with one attached hydrogen (secondary N) is 1. The zero-order valence-corrected chi connectivity index (χ0v) is 9.41. The van der Waals surface area contributed by atoms with E-state index in [2.05, 4.69) is 15.0 Å². The molecule has 0 amide bonds. The molecule has 0 aliphatic heterocycles. The minimum Gasteiger partial charge on any atom is -0.375 e. The average Bonchev–Trinajstić information content (AvgIpc) is 2.66. The van der Waals surface area contributed by atoms with Gasteiger partial charge in [-0.05, 0) is 19.1 Å². The summed E-state index contributed by atoms with van der Waals surface area (Å²) in [7, 11) is 0. The van der Waals surface area contributed by atoms with Crippen LogP contribution >= 0.6 is 0 Å². The van der Waals surface area contributed by atoms with Crippen molar-refractivity contribution in [2.75, 3.05) is 13.2 Å². The van der Waals surface area contributed by atoms with Crippen molar-refractivity contribution in [2.24, 2.45) is 0 Å². The first-order valence-corrected chi connectivity index (χ1v) is 5.33. The standard InChI is InChI=1S/C11H13F2N3O/c1-7-2-3-8-11(14-7)16-10(15-8)4-5-17-6-9(12)13/h2-3,9H,4-6H2,1H3,(H,14,15,16). The molecule has 0 aliphatic carbocycles. The number of aromatic nitrogens is 3. The van der Waals surface area contributed by atoms with Crippen LogP contribution in [0.15, 0.2) is 12.1 Å². The summed E-state index contributed by atoms with van der Waals surface area (Å²) < 4.78 is 28.4. The van der Waals surface area contributed by atoms with E-state index in [1.165, 1.54) is 0 Å². The van der Waals surface area contributed by atoms with Crippen molar-refractivity contribution in [3.8, 4) is 0 Å². The monoisotopic (exact) mass is 241 g/mol. The van der Waals surface area contributed by atoms with Crippen molar-refractivity contribution in [2.45, 2.75) is 19.8 Å². The predicted molar refractivity (Wildman–Crippen MR) is 59.2 cm³/mol. The van der Waals surface area contributed by atoms with Gasteiger partial charge in [0.25, 0.3) is 6.43 Å². The van der Waals surface area contributed by atoms with E-state index in [1.807, 2.05) is 19.1 Å². The van der Waals surface area contributed by atoms with Gasteiger partial charge in [-0.15, -0.1) is 0 Å². The molecular formula is C11H13F2N3O. The molecule has 0 radical (unpaired) electrons. The minimum atomic E-state index is -2.42. The fourth-order valence-corrected chi connectivity index (χ4v) is 1.50. The highest BCUT2D eigenvalue weighted by atomic mass is 19.3. The summed E-state index contributed by atoms with van der Waals surface area (Å²) in [4.78, 5) is 11.6. The first-order chi connectivity index (χ1) is 8.15. The normalized spacial score (nSPS) is 11.5. The third-order valence-corrected chi connectivity index (χ3v) is 2.26. The number of fused-ring (bicyclic) bond motifs is 1. The second-order valence-electron chi connectivity index (χ2n) is 3.72. The second kappa shape index (κ2) is 5.18. The molecule has 92 valence electrons. The molecular weight excluding hydrogens is 228 g/mol. The van der Waals surface area contributed by atoms with Crippen molar-refractivity contribution < 1.29 is 13.5 Å². The number of hydrogen-bond donors (Lipinski definition) is 1. The summed E-state index contributed by atoms with van der Waals surface area (Å²) >= 11 is 0. The molecule has 2 aromatic heterocycles. The number of rotatable bonds is 5. The van der Waals surface area contributed by atoms with E-state index in [1.54, 1.807) is 0 Å². The number of ether oxygens (including phenoxy) is 1. The predicted octanol–water partition coefficient (Wildman–Crippen LogP) is 2.09. The molecule has 2 aromatic rings. The van der Waals surface area contributed by atoms with Crippen molar-refractivity contribution >= 4 is 11.2 Å². The fourth-order valence-electron chi connectivity index (χ4n) is 1.50. The van der Waals surface area contributed by atoms with Crippen LogP contribution in [0.1, 0.15) is 11.5 Å². The van der Waals surface area contributed by atoms with Gasteiger partial charge < -0.3 is 9.72 Å². The summed E-state index contributed by atoms with van der Waals surface area (Å²) in [6.45, 7) is 1.58. The smallest absolute Gasteiger partial charge is 0.261 e. The number of nitrogens with zero attached hydrogens (tertiary/aromatic N) is 2. The first-order valence-electron chi connectivity index (χ1n) is 5.33. The third-order valence-electron chi connectivity index (χ3n) is 2.26. The summed E-state index contributed by atoms with van der Waals surface area (Å²) in [6.07, 6.45) is -1.95. The van der Waals surface area contributed by atoms with Crippen molar-refractivity contribution in [1.29, 1.82) is 0 Å². The number of alkyl halides is 2. The Morgan fingerprint density at radius 3 is 2.94 bits per heavy atom. The van der Waals surface area contributed by atoms with Gasteiger partial charge in [-0.3, -0.25) is 0 Å². The lowest BCUT2D eigenvalue weighted by Gasteiger charge is -2.00. The summed E-state index contributed by atoms with van der Waals surface area (Å²) in [6, 6.07) is 3.78. The number of pyridine rings is 1. The highest BCUT2D eigenvalue weighted by Crippen LogP contribution is 2.10. The zero-order valence-electron chi connectivity index (χ0n) is 9.41. The van der Waals surface area contributed by atoms with E-state index in [-0.39, 0.29) is 6.61 Å². The molecule has 0 aliphatic rings. The van der Waals surface area contributed by atoms with Gasteiger partial charge >= 0.3 is 0 Å². The van der Waals surface area contributed by atoms with Gasteiger partial charge in [0, 0.05) is 12.1 Å². The Labute approximate surface area is 97.0 Å². The Kier molecular flexibility index (Phi) is 3.63. The summed E-state index contributed by atoms with van der Waals surface area (Å²) in [5.74, 6) is 0.701. The Bertz CT molecular complexity index is 498. The van der Waals surface area contributed by atoms with Crippen LogP contribution in [-0.2, 0) is 11.2 Å². The van der Waals surface area contributed by atoms with E-state index in [0.29, 0.717) is 17.9 Å². The van der Waals surface area contributed by atoms with Crippen molar-refractivity contribution in [3.63, 3.8) is 0 Å². The number of aryl methyl sites for hydroxylation is 1. The van der Waals surface area contributed by atoms with Gasteiger partial charge in [0.15, 0.2) is 5.65 Å². The highest BCUT2D eigenvalue weighted by molar-refractivity contribution is 5.70. The Balaban J connectivity index is 1.95. The van der Waals surface area contributed by atoms with Crippen LogP contribution in [0.25, 0.3) is 11.2 Å². The van der Waals surface area contributed by atoms with Crippen LogP contribution in [0.5, 0.6) is 0 Å². The molecule has 0 atom stereocenters. The number of H-pyrrole nitrogens is 1. The van der Waals surface area contributed by atoms with E-state index in [9.17, 15) is 8.78 Å². The Morgan fingerprint density at radius 1 is 1.35 bits per heavy atom. The minimum absolute atomic E-state index is 0.225. The maximum absolute atomic E-state index is 11.8.